The third kappa shape index (κ3) is 2.87. The Balaban J connectivity index is 1.96. The molecular formula is C13H19NO3. The first kappa shape index (κ1) is 12.1. The number of allylic oxidation sites excluding steroid dienone is 1. The molecule has 17 heavy (non-hydrogen) atoms. The molecule has 4 heteroatoms. The first-order valence-electron chi connectivity index (χ1n) is 6.06. The number of ether oxygens (including phenoxy) is 1. The summed E-state index contributed by atoms with van der Waals surface area (Å²) in [7, 11) is 0. The van der Waals surface area contributed by atoms with Crippen molar-refractivity contribution in [3.05, 3.63) is 11.6 Å². The number of nitrogens with zero attached hydrogens (tertiary/aromatic N) is 1. The van der Waals surface area contributed by atoms with Gasteiger partial charge in [-0.15, -0.1) is 0 Å². The van der Waals surface area contributed by atoms with Crippen LogP contribution in [0.3, 0.4) is 0 Å². The van der Waals surface area contributed by atoms with Gasteiger partial charge in [0, 0.05) is 25.4 Å². The number of fused-ring (bicyclic) bond motifs is 1. The van der Waals surface area contributed by atoms with Gasteiger partial charge in [0.05, 0.1) is 0 Å². The average Bonchev–Trinajstić information content (AvgIpc) is 2.53. The molecule has 0 spiro atoms. The number of ketones is 1. The molecule has 0 aromatic rings. The van der Waals surface area contributed by atoms with Crippen LogP contribution in [0, 0.1) is 5.92 Å². The molecule has 1 fully saturated rings. The Morgan fingerprint density at radius 2 is 2.18 bits per heavy atom. The lowest BCUT2D eigenvalue weighted by molar-refractivity contribution is -0.114. The lowest BCUT2D eigenvalue weighted by Crippen LogP contribution is -2.43. The number of amides is 1. The second-order valence-corrected chi connectivity index (χ2v) is 5.76. The largest absolute Gasteiger partial charge is 0.444 e. The highest BCUT2D eigenvalue weighted by Gasteiger charge is 2.33. The molecule has 0 aromatic heterocycles. The number of carbonyl (C=O) groups is 2. The zero-order valence-electron chi connectivity index (χ0n) is 10.7. The van der Waals surface area contributed by atoms with E-state index in [9.17, 15) is 9.59 Å². The quantitative estimate of drug-likeness (QED) is 0.648. The predicted octanol–water partition coefficient (Wildman–Crippen LogP) is 2.14. The maximum Gasteiger partial charge on any atom is 0.410 e. The first-order valence-corrected chi connectivity index (χ1v) is 6.06. The molecule has 1 atom stereocenters. The second kappa shape index (κ2) is 4.17. The van der Waals surface area contributed by atoms with Crippen LogP contribution in [-0.2, 0) is 9.53 Å². The van der Waals surface area contributed by atoms with Gasteiger partial charge in [-0.25, -0.2) is 4.79 Å². The number of piperidine rings is 1. The molecule has 1 heterocycles. The van der Waals surface area contributed by atoms with Crippen molar-refractivity contribution >= 4 is 11.9 Å². The summed E-state index contributed by atoms with van der Waals surface area (Å²) in [5, 5.41) is 0. The molecule has 1 saturated heterocycles. The van der Waals surface area contributed by atoms with Crippen molar-refractivity contribution in [2.45, 2.75) is 39.2 Å². The van der Waals surface area contributed by atoms with E-state index >= 15 is 0 Å². The Morgan fingerprint density at radius 1 is 1.47 bits per heavy atom. The highest BCUT2D eigenvalue weighted by atomic mass is 16.6. The number of likely N-dealkylation sites (tertiary alicyclic amines) is 1. The van der Waals surface area contributed by atoms with E-state index in [0.717, 1.165) is 6.42 Å². The molecule has 0 bridgehead atoms. The van der Waals surface area contributed by atoms with Crippen LogP contribution in [0.25, 0.3) is 0 Å². The summed E-state index contributed by atoms with van der Waals surface area (Å²) in [6.45, 7) is 6.86. The number of hydrogen-bond acceptors (Lipinski definition) is 3. The lowest BCUT2D eigenvalue weighted by atomic mass is 9.94. The van der Waals surface area contributed by atoms with Crippen molar-refractivity contribution < 1.29 is 14.3 Å². The molecule has 0 aromatic carbocycles. The van der Waals surface area contributed by atoms with Gasteiger partial charge in [0.1, 0.15) is 5.60 Å². The zero-order chi connectivity index (χ0) is 12.6. The fraction of sp³-hybridized carbons (Fsp3) is 0.692. The lowest BCUT2D eigenvalue weighted by Gasteiger charge is -2.33. The summed E-state index contributed by atoms with van der Waals surface area (Å²) in [6.07, 6.45) is 2.83. The highest BCUT2D eigenvalue weighted by Crippen LogP contribution is 2.31. The number of carbonyl (C=O) groups excluding carboxylic acids is 2. The minimum atomic E-state index is -0.460. The second-order valence-electron chi connectivity index (χ2n) is 5.76. The van der Waals surface area contributed by atoms with Crippen LogP contribution in [0.15, 0.2) is 11.6 Å². The topological polar surface area (TPSA) is 46.6 Å². The molecule has 94 valence electrons. The minimum Gasteiger partial charge on any atom is -0.444 e. The van der Waals surface area contributed by atoms with Crippen molar-refractivity contribution in [2.24, 2.45) is 5.92 Å². The molecule has 1 aliphatic carbocycles. The monoisotopic (exact) mass is 237 g/mol. The SMILES string of the molecule is CC(C)(C)OC(=O)N1CCC2=CC(=O)CC2C1. The van der Waals surface area contributed by atoms with E-state index in [0.29, 0.717) is 19.5 Å². The van der Waals surface area contributed by atoms with Crippen molar-refractivity contribution in [1.29, 1.82) is 0 Å². The van der Waals surface area contributed by atoms with Crippen LogP contribution in [0.1, 0.15) is 33.6 Å². The summed E-state index contributed by atoms with van der Waals surface area (Å²) < 4.78 is 5.34. The van der Waals surface area contributed by atoms with E-state index in [1.807, 2.05) is 20.8 Å². The Bertz CT molecular complexity index is 379. The molecule has 1 unspecified atom stereocenters. The smallest absolute Gasteiger partial charge is 0.410 e. The van der Waals surface area contributed by atoms with E-state index in [1.54, 1.807) is 11.0 Å². The van der Waals surface area contributed by atoms with E-state index < -0.39 is 5.60 Å². The Morgan fingerprint density at radius 3 is 2.82 bits per heavy atom. The third-order valence-corrected chi connectivity index (χ3v) is 3.08. The first-order chi connectivity index (χ1) is 7.85. The van der Waals surface area contributed by atoms with E-state index in [-0.39, 0.29) is 17.8 Å². The summed E-state index contributed by atoms with van der Waals surface area (Å²) in [5.74, 6) is 0.416. The molecule has 2 rings (SSSR count). The molecular weight excluding hydrogens is 218 g/mol. The number of rotatable bonds is 0. The van der Waals surface area contributed by atoms with Crippen LogP contribution in [-0.4, -0.2) is 35.5 Å². The van der Waals surface area contributed by atoms with Gasteiger partial charge in [0.25, 0.3) is 0 Å². The maximum atomic E-state index is 11.9. The van der Waals surface area contributed by atoms with Gasteiger partial charge < -0.3 is 9.64 Å². The summed E-state index contributed by atoms with van der Waals surface area (Å²) >= 11 is 0. The van der Waals surface area contributed by atoms with E-state index in [1.165, 1.54) is 5.57 Å². The van der Waals surface area contributed by atoms with Gasteiger partial charge >= 0.3 is 6.09 Å². The van der Waals surface area contributed by atoms with Crippen molar-refractivity contribution in [1.82, 2.24) is 4.90 Å². The fourth-order valence-electron chi connectivity index (χ4n) is 2.33. The average molecular weight is 237 g/mol. The third-order valence-electron chi connectivity index (χ3n) is 3.08. The Kier molecular flexibility index (Phi) is 2.98. The van der Waals surface area contributed by atoms with Gasteiger partial charge in [0.2, 0.25) is 0 Å². The number of hydrogen-bond donors (Lipinski definition) is 0. The molecule has 0 N–H and O–H groups in total. The molecule has 0 radical (unpaired) electrons. The zero-order valence-corrected chi connectivity index (χ0v) is 10.7. The van der Waals surface area contributed by atoms with Crippen LogP contribution in [0.2, 0.25) is 0 Å². The Hall–Kier alpha value is -1.32. The van der Waals surface area contributed by atoms with Gasteiger partial charge in [-0.1, -0.05) is 5.57 Å². The van der Waals surface area contributed by atoms with Crippen LogP contribution in [0.4, 0.5) is 4.79 Å². The summed E-state index contributed by atoms with van der Waals surface area (Å²) in [5.41, 5.74) is 0.744. The molecule has 1 amide bonds. The van der Waals surface area contributed by atoms with Crippen LogP contribution < -0.4 is 0 Å². The maximum absolute atomic E-state index is 11.9. The summed E-state index contributed by atoms with van der Waals surface area (Å²) in [6, 6.07) is 0. The van der Waals surface area contributed by atoms with Gasteiger partial charge in [0.15, 0.2) is 5.78 Å². The van der Waals surface area contributed by atoms with Gasteiger partial charge in [-0.05, 0) is 33.3 Å². The molecule has 2 aliphatic rings. The summed E-state index contributed by atoms with van der Waals surface area (Å²) in [4.78, 5) is 24.9. The molecule has 0 saturated carbocycles. The molecule has 4 nitrogen and oxygen atoms in total. The van der Waals surface area contributed by atoms with Gasteiger partial charge in [-0.2, -0.15) is 0 Å². The van der Waals surface area contributed by atoms with Gasteiger partial charge in [-0.3, -0.25) is 4.79 Å². The molecule has 1 aliphatic heterocycles. The Labute approximate surface area is 102 Å². The minimum absolute atomic E-state index is 0.191. The highest BCUT2D eigenvalue weighted by molar-refractivity contribution is 5.93. The fourth-order valence-corrected chi connectivity index (χ4v) is 2.33. The predicted molar refractivity (Wildman–Crippen MR) is 63.6 cm³/mol. The van der Waals surface area contributed by atoms with Crippen LogP contribution in [0.5, 0.6) is 0 Å². The normalized spacial score (nSPS) is 24.4. The standard InChI is InChI=1S/C13H19NO3/c1-13(2,3)17-12(16)14-5-4-9-6-11(15)7-10(9)8-14/h6,10H,4-5,7-8H2,1-3H3. The van der Waals surface area contributed by atoms with Crippen molar-refractivity contribution in [3.8, 4) is 0 Å². The van der Waals surface area contributed by atoms with Crippen molar-refractivity contribution in [2.75, 3.05) is 13.1 Å². The van der Waals surface area contributed by atoms with E-state index in [2.05, 4.69) is 0 Å². The van der Waals surface area contributed by atoms with Crippen molar-refractivity contribution in [3.63, 3.8) is 0 Å². The van der Waals surface area contributed by atoms with E-state index in [4.69, 9.17) is 4.74 Å². The van der Waals surface area contributed by atoms with Crippen LogP contribution >= 0.6 is 0 Å².